The van der Waals surface area contributed by atoms with E-state index in [2.05, 4.69) is 15.3 Å². The number of amides is 1. The van der Waals surface area contributed by atoms with E-state index in [1.54, 1.807) is 16.8 Å². The van der Waals surface area contributed by atoms with Crippen LogP contribution in [-0.4, -0.2) is 73.3 Å². The van der Waals surface area contributed by atoms with Gasteiger partial charge >= 0.3 is 0 Å². The number of carbonyl (C=O) groups excluding carboxylic acids is 1. The molecule has 1 aromatic heterocycles. The number of rotatable bonds is 12. The van der Waals surface area contributed by atoms with E-state index >= 15 is 0 Å². The number of hydrogen-bond acceptors (Lipinski definition) is 7. The van der Waals surface area contributed by atoms with Crippen molar-refractivity contribution in [2.24, 2.45) is 0 Å². The molecule has 1 fully saturated rings. The van der Waals surface area contributed by atoms with Gasteiger partial charge in [-0.2, -0.15) is 5.10 Å². The molecular weight excluding hydrogens is 496 g/mol. The van der Waals surface area contributed by atoms with E-state index in [1.165, 1.54) is 0 Å². The summed E-state index contributed by atoms with van der Waals surface area (Å²) in [6, 6.07) is 12.9. The van der Waals surface area contributed by atoms with Crippen LogP contribution in [0.4, 0.5) is 0 Å². The molecule has 0 bridgehead atoms. The molecule has 1 aliphatic rings. The molecule has 0 atom stereocenters. The predicted octanol–water partition coefficient (Wildman–Crippen LogP) is 2.87. The molecule has 10 heteroatoms. The number of ether oxygens (including phenoxy) is 3. The van der Waals surface area contributed by atoms with Gasteiger partial charge in [-0.15, -0.1) is 0 Å². The van der Waals surface area contributed by atoms with Crippen LogP contribution in [0.3, 0.4) is 0 Å². The first-order chi connectivity index (χ1) is 18.0. The van der Waals surface area contributed by atoms with Crippen LogP contribution in [0.25, 0.3) is 10.9 Å². The topological polar surface area (TPSA) is 94.9 Å². The summed E-state index contributed by atoms with van der Waals surface area (Å²) < 4.78 is 18.1. The molecule has 0 spiro atoms. The Bertz CT molecular complexity index is 1240. The fourth-order valence-corrected chi connectivity index (χ4v) is 4.28. The van der Waals surface area contributed by atoms with Crippen LogP contribution in [-0.2, 0) is 33.8 Å². The second kappa shape index (κ2) is 13.6. The summed E-state index contributed by atoms with van der Waals surface area (Å²) in [5.74, 6) is -0.522. The number of morpholine rings is 1. The molecule has 4 rings (SSSR count). The van der Waals surface area contributed by atoms with Crippen LogP contribution >= 0.6 is 11.6 Å². The van der Waals surface area contributed by atoms with Crippen molar-refractivity contribution in [1.29, 1.82) is 0 Å². The Kier molecular flexibility index (Phi) is 10.0. The minimum Gasteiger partial charge on any atom is -0.379 e. The Morgan fingerprint density at radius 3 is 2.54 bits per heavy atom. The second-order valence-electron chi connectivity index (χ2n) is 8.76. The molecule has 2 aromatic carbocycles. The molecule has 0 radical (unpaired) electrons. The lowest BCUT2D eigenvalue weighted by Gasteiger charge is -2.26. The number of nitrogens with zero attached hydrogens (tertiary/aromatic N) is 3. The van der Waals surface area contributed by atoms with Crippen molar-refractivity contribution in [2.45, 2.75) is 26.6 Å². The Labute approximate surface area is 221 Å². The average molecular weight is 529 g/mol. The third-order valence-electron chi connectivity index (χ3n) is 6.13. The van der Waals surface area contributed by atoms with Crippen molar-refractivity contribution < 1.29 is 19.0 Å². The maximum absolute atomic E-state index is 13.4. The Morgan fingerprint density at radius 2 is 1.78 bits per heavy atom. The number of halogens is 1. The zero-order valence-corrected chi connectivity index (χ0v) is 21.8. The largest absolute Gasteiger partial charge is 0.379 e. The molecule has 1 saturated heterocycles. The smallest absolute Gasteiger partial charge is 0.276 e. The van der Waals surface area contributed by atoms with E-state index in [9.17, 15) is 9.59 Å². The van der Waals surface area contributed by atoms with Gasteiger partial charge in [0.15, 0.2) is 5.69 Å². The lowest BCUT2D eigenvalue weighted by molar-refractivity contribution is 0.0342. The molecule has 0 aliphatic carbocycles. The lowest BCUT2D eigenvalue weighted by Crippen LogP contribution is -2.35. The predicted molar refractivity (Wildman–Crippen MR) is 142 cm³/mol. The third-order valence-corrected chi connectivity index (χ3v) is 6.39. The van der Waals surface area contributed by atoms with Crippen LogP contribution in [0.1, 0.15) is 28.5 Å². The zero-order chi connectivity index (χ0) is 26.0. The minimum absolute atomic E-state index is 0.140. The van der Waals surface area contributed by atoms with Gasteiger partial charge in [-0.1, -0.05) is 29.8 Å². The number of fused-ring (bicyclic) bond motifs is 1. The second-order valence-corrected chi connectivity index (χ2v) is 9.20. The van der Waals surface area contributed by atoms with E-state index in [1.807, 2.05) is 37.3 Å². The summed E-state index contributed by atoms with van der Waals surface area (Å²) in [6.45, 7) is 8.36. The molecule has 1 aliphatic heterocycles. The van der Waals surface area contributed by atoms with Gasteiger partial charge in [0, 0.05) is 37.8 Å². The van der Waals surface area contributed by atoms with Crippen molar-refractivity contribution in [3.05, 3.63) is 74.5 Å². The van der Waals surface area contributed by atoms with Crippen LogP contribution in [0.2, 0.25) is 5.02 Å². The highest BCUT2D eigenvalue weighted by molar-refractivity contribution is 6.30. The van der Waals surface area contributed by atoms with Crippen molar-refractivity contribution in [1.82, 2.24) is 20.0 Å². The normalized spacial score (nSPS) is 14.2. The van der Waals surface area contributed by atoms with E-state index in [-0.39, 0.29) is 17.7 Å². The van der Waals surface area contributed by atoms with Gasteiger partial charge in [0.1, 0.15) is 0 Å². The van der Waals surface area contributed by atoms with Gasteiger partial charge in [-0.3, -0.25) is 19.2 Å². The molecule has 3 aromatic rings. The molecule has 37 heavy (non-hydrogen) atoms. The van der Waals surface area contributed by atoms with Crippen molar-refractivity contribution >= 4 is 28.4 Å². The third kappa shape index (κ3) is 7.59. The van der Waals surface area contributed by atoms with Crippen molar-refractivity contribution in [3.8, 4) is 0 Å². The highest BCUT2D eigenvalue weighted by atomic mass is 35.5. The number of hydrogen-bond donors (Lipinski definition) is 1. The first kappa shape index (κ1) is 27.2. The molecule has 2 heterocycles. The highest BCUT2D eigenvalue weighted by Crippen LogP contribution is 2.16. The van der Waals surface area contributed by atoms with Gasteiger partial charge in [-0.25, -0.2) is 0 Å². The molecule has 9 nitrogen and oxygen atoms in total. The SMILES string of the molecule is CCOCCOCCn1nc(C(=O)NCc2ccc(Cl)cc2)c(=O)c2cc(CN3CCOCC3)ccc21. The van der Waals surface area contributed by atoms with E-state index in [0.717, 1.165) is 24.2 Å². The summed E-state index contributed by atoms with van der Waals surface area (Å²) >= 11 is 5.95. The standard InChI is InChI=1S/C27H33ClN4O5/c1-2-35-15-16-37-14-11-32-24-8-5-21(19-31-9-12-36-13-10-31)17-23(24)26(33)25(30-32)27(34)29-18-20-3-6-22(28)7-4-20/h3-8,17H,2,9-16,18-19H2,1H3,(H,29,34). The number of benzene rings is 2. The van der Waals surface area contributed by atoms with Crippen LogP contribution in [0, 0.1) is 0 Å². The fourth-order valence-electron chi connectivity index (χ4n) is 4.16. The monoisotopic (exact) mass is 528 g/mol. The summed E-state index contributed by atoms with van der Waals surface area (Å²) in [4.78, 5) is 28.8. The summed E-state index contributed by atoms with van der Waals surface area (Å²) in [6.07, 6.45) is 0. The summed E-state index contributed by atoms with van der Waals surface area (Å²) in [5, 5.41) is 8.33. The van der Waals surface area contributed by atoms with Crippen molar-refractivity contribution in [2.75, 3.05) is 52.7 Å². The molecule has 1 amide bonds. The summed E-state index contributed by atoms with van der Waals surface area (Å²) in [5.41, 5.74) is 2.01. The van der Waals surface area contributed by atoms with Gasteiger partial charge in [-0.05, 0) is 42.3 Å². The zero-order valence-electron chi connectivity index (χ0n) is 21.1. The summed E-state index contributed by atoms with van der Waals surface area (Å²) in [7, 11) is 0. The Hall–Kier alpha value is -2.82. The molecule has 1 N–H and O–H groups in total. The molecule has 198 valence electrons. The quantitative estimate of drug-likeness (QED) is 0.361. The molecule has 0 unspecified atom stereocenters. The van der Waals surface area contributed by atoms with Gasteiger partial charge in [0.25, 0.3) is 5.91 Å². The number of aromatic nitrogens is 2. The van der Waals surface area contributed by atoms with E-state index in [0.29, 0.717) is 68.7 Å². The first-order valence-electron chi connectivity index (χ1n) is 12.6. The van der Waals surface area contributed by atoms with E-state index in [4.69, 9.17) is 25.8 Å². The van der Waals surface area contributed by atoms with E-state index < -0.39 is 5.91 Å². The fraction of sp³-hybridized carbons (Fsp3) is 0.444. The lowest BCUT2D eigenvalue weighted by atomic mass is 10.1. The molecule has 0 saturated carbocycles. The van der Waals surface area contributed by atoms with Crippen LogP contribution in [0.5, 0.6) is 0 Å². The molecular formula is C27H33ClN4O5. The minimum atomic E-state index is -0.522. The number of nitrogens with one attached hydrogen (secondary N) is 1. The Morgan fingerprint density at radius 1 is 1.05 bits per heavy atom. The maximum atomic E-state index is 13.4. The highest BCUT2D eigenvalue weighted by Gasteiger charge is 2.19. The first-order valence-corrected chi connectivity index (χ1v) is 12.9. The van der Waals surface area contributed by atoms with Gasteiger partial charge in [0.2, 0.25) is 5.43 Å². The Balaban J connectivity index is 1.57. The maximum Gasteiger partial charge on any atom is 0.276 e. The number of carbonyl (C=O) groups is 1. The van der Waals surface area contributed by atoms with Crippen molar-refractivity contribution in [3.63, 3.8) is 0 Å². The van der Waals surface area contributed by atoms with Crippen LogP contribution < -0.4 is 10.7 Å². The van der Waals surface area contributed by atoms with Gasteiger partial charge < -0.3 is 19.5 Å². The van der Waals surface area contributed by atoms with Crippen LogP contribution in [0.15, 0.2) is 47.3 Å². The van der Waals surface area contributed by atoms with Gasteiger partial charge in [0.05, 0.1) is 50.5 Å². The average Bonchev–Trinajstić information content (AvgIpc) is 2.92.